The monoisotopic (exact) mass is 386 g/mol. The molecule has 0 bridgehead atoms. The van der Waals surface area contributed by atoms with E-state index in [4.69, 9.17) is 17.0 Å². The Bertz CT molecular complexity index is 794. The quantitative estimate of drug-likeness (QED) is 0.224. The Morgan fingerprint density at radius 2 is 2.07 bits per heavy atom. The van der Waals surface area contributed by atoms with E-state index in [9.17, 15) is 10.1 Å². The van der Waals surface area contributed by atoms with Crippen LogP contribution in [0.1, 0.15) is 30.9 Å². The van der Waals surface area contributed by atoms with Crippen LogP contribution in [-0.2, 0) is 6.54 Å². The Morgan fingerprint density at radius 1 is 1.30 bits per heavy atom. The highest BCUT2D eigenvalue weighted by Crippen LogP contribution is 2.13. The summed E-state index contributed by atoms with van der Waals surface area (Å²) in [6.45, 7) is 3.40. The lowest BCUT2D eigenvalue weighted by Crippen LogP contribution is -2.31. The molecule has 0 saturated carbocycles. The first kappa shape index (κ1) is 20.3. The molecule has 0 heterocycles. The van der Waals surface area contributed by atoms with Gasteiger partial charge in [0.1, 0.15) is 5.75 Å². The first-order valence-corrected chi connectivity index (χ1v) is 9.02. The molecule has 8 heteroatoms. The number of ether oxygens (including phenoxy) is 1. The van der Waals surface area contributed by atoms with Crippen LogP contribution in [0, 0.1) is 10.1 Å². The maximum atomic E-state index is 10.7. The molecule has 0 unspecified atom stereocenters. The third-order valence-electron chi connectivity index (χ3n) is 3.60. The minimum Gasteiger partial charge on any atom is -0.494 e. The largest absolute Gasteiger partial charge is 0.494 e. The molecule has 142 valence electrons. The lowest BCUT2D eigenvalue weighted by atomic mass is 10.2. The highest BCUT2D eigenvalue weighted by Gasteiger charge is 2.04. The summed E-state index contributed by atoms with van der Waals surface area (Å²) in [5.74, 6) is 0.856. The molecule has 0 aliphatic heterocycles. The zero-order chi connectivity index (χ0) is 19.5. The van der Waals surface area contributed by atoms with Gasteiger partial charge in [0.05, 0.1) is 17.7 Å². The van der Waals surface area contributed by atoms with Crippen molar-refractivity contribution in [1.82, 2.24) is 10.7 Å². The fraction of sp³-hybridized carbons (Fsp3) is 0.263. The first-order valence-electron chi connectivity index (χ1n) is 8.61. The number of hydrazone groups is 1. The highest BCUT2D eigenvalue weighted by atomic mass is 32.1. The van der Waals surface area contributed by atoms with Crippen LogP contribution in [0.4, 0.5) is 5.69 Å². The maximum Gasteiger partial charge on any atom is 0.270 e. The van der Waals surface area contributed by atoms with Gasteiger partial charge in [0.15, 0.2) is 5.11 Å². The first-order chi connectivity index (χ1) is 13.1. The predicted octanol–water partition coefficient (Wildman–Crippen LogP) is 3.77. The minimum absolute atomic E-state index is 0.0155. The van der Waals surface area contributed by atoms with E-state index in [0.717, 1.165) is 30.8 Å². The fourth-order valence-corrected chi connectivity index (χ4v) is 2.27. The zero-order valence-corrected chi connectivity index (χ0v) is 15.9. The van der Waals surface area contributed by atoms with E-state index in [-0.39, 0.29) is 5.69 Å². The highest BCUT2D eigenvalue weighted by molar-refractivity contribution is 7.80. The molecular weight excluding hydrogens is 364 g/mol. The molecule has 7 nitrogen and oxygen atoms in total. The number of hydrogen-bond donors (Lipinski definition) is 2. The molecule has 0 spiro atoms. The summed E-state index contributed by atoms with van der Waals surface area (Å²) in [6.07, 6.45) is 3.62. The van der Waals surface area contributed by atoms with Crippen LogP contribution in [0.15, 0.2) is 53.6 Å². The average Bonchev–Trinajstić information content (AvgIpc) is 2.68. The number of hydrogen-bond acceptors (Lipinski definition) is 5. The second-order valence-corrected chi connectivity index (χ2v) is 6.16. The predicted molar refractivity (Wildman–Crippen MR) is 110 cm³/mol. The van der Waals surface area contributed by atoms with Gasteiger partial charge in [-0.25, -0.2) is 0 Å². The Morgan fingerprint density at radius 3 is 2.78 bits per heavy atom. The van der Waals surface area contributed by atoms with Crippen LogP contribution >= 0.6 is 12.2 Å². The van der Waals surface area contributed by atoms with E-state index >= 15 is 0 Å². The Balaban J connectivity index is 1.76. The molecule has 0 saturated heterocycles. The summed E-state index contributed by atoms with van der Waals surface area (Å²) < 4.78 is 5.63. The Labute approximate surface area is 163 Å². The van der Waals surface area contributed by atoms with Crippen LogP contribution < -0.4 is 15.5 Å². The van der Waals surface area contributed by atoms with Crippen molar-refractivity contribution in [3.05, 3.63) is 69.8 Å². The van der Waals surface area contributed by atoms with Crippen molar-refractivity contribution in [2.24, 2.45) is 5.10 Å². The zero-order valence-electron chi connectivity index (χ0n) is 15.1. The van der Waals surface area contributed by atoms with Crippen molar-refractivity contribution in [2.75, 3.05) is 6.61 Å². The molecule has 2 N–H and O–H groups in total. The van der Waals surface area contributed by atoms with Crippen LogP contribution in [0.5, 0.6) is 5.75 Å². The van der Waals surface area contributed by atoms with Crippen LogP contribution in [0.25, 0.3) is 0 Å². The van der Waals surface area contributed by atoms with Gasteiger partial charge in [-0.15, -0.1) is 0 Å². The van der Waals surface area contributed by atoms with Crippen molar-refractivity contribution in [1.29, 1.82) is 0 Å². The van der Waals surface area contributed by atoms with E-state index in [1.54, 1.807) is 12.1 Å². The van der Waals surface area contributed by atoms with E-state index in [1.807, 2.05) is 24.3 Å². The topological polar surface area (TPSA) is 88.8 Å². The third kappa shape index (κ3) is 7.41. The minimum atomic E-state index is -0.447. The molecule has 2 rings (SSSR count). The number of rotatable bonds is 9. The normalized spacial score (nSPS) is 10.6. The Hall–Kier alpha value is -3.00. The van der Waals surface area contributed by atoms with Crippen LogP contribution in [0.3, 0.4) is 0 Å². The van der Waals surface area contributed by atoms with Crippen molar-refractivity contribution in [3.63, 3.8) is 0 Å². The molecule has 0 aliphatic carbocycles. The van der Waals surface area contributed by atoms with Crippen molar-refractivity contribution in [2.45, 2.75) is 26.3 Å². The van der Waals surface area contributed by atoms with Gasteiger partial charge in [-0.1, -0.05) is 37.6 Å². The van der Waals surface area contributed by atoms with Gasteiger partial charge in [-0.05, 0) is 36.3 Å². The standard InChI is InChI=1S/C19H22N4O3S/c1-2-3-11-26-18-9-7-15(8-10-18)13-20-19(27)22-21-14-16-5-4-6-17(12-16)23(24)25/h4-10,12,14H,2-3,11,13H2,1H3,(H2,20,22,27)/b21-14+. The molecule has 0 fully saturated rings. The molecule has 0 amide bonds. The molecular formula is C19H22N4O3S. The molecule has 0 aliphatic rings. The van der Waals surface area contributed by atoms with Gasteiger partial charge >= 0.3 is 0 Å². The number of unbranched alkanes of at least 4 members (excludes halogenated alkanes) is 1. The van der Waals surface area contributed by atoms with Gasteiger partial charge in [0, 0.05) is 24.2 Å². The average molecular weight is 386 g/mol. The lowest BCUT2D eigenvalue weighted by Gasteiger charge is -2.09. The molecule has 0 aromatic heterocycles. The second kappa shape index (κ2) is 10.9. The summed E-state index contributed by atoms with van der Waals surface area (Å²) in [6, 6.07) is 14.0. The van der Waals surface area contributed by atoms with Gasteiger partial charge in [0.2, 0.25) is 0 Å². The van der Waals surface area contributed by atoms with E-state index in [1.165, 1.54) is 18.3 Å². The summed E-state index contributed by atoms with van der Waals surface area (Å²) in [5.41, 5.74) is 4.38. The summed E-state index contributed by atoms with van der Waals surface area (Å²) in [4.78, 5) is 10.3. The smallest absolute Gasteiger partial charge is 0.270 e. The van der Waals surface area contributed by atoms with E-state index < -0.39 is 4.92 Å². The van der Waals surface area contributed by atoms with Crippen molar-refractivity contribution < 1.29 is 9.66 Å². The number of non-ortho nitro benzene ring substituents is 1. The number of nitro benzene ring substituents is 1. The second-order valence-electron chi connectivity index (χ2n) is 5.75. The summed E-state index contributed by atoms with van der Waals surface area (Å²) in [7, 11) is 0. The third-order valence-corrected chi connectivity index (χ3v) is 3.84. The fourth-order valence-electron chi connectivity index (χ4n) is 2.14. The molecule has 27 heavy (non-hydrogen) atoms. The summed E-state index contributed by atoms with van der Waals surface area (Å²) in [5, 5.41) is 18.1. The van der Waals surface area contributed by atoms with E-state index in [0.29, 0.717) is 17.2 Å². The summed E-state index contributed by atoms with van der Waals surface area (Å²) >= 11 is 5.16. The van der Waals surface area contributed by atoms with Gasteiger partial charge < -0.3 is 10.1 Å². The van der Waals surface area contributed by atoms with Gasteiger partial charge in [0.25, 0.3) is 5.69 Å². The Kier molecular flexibility index (Phi) is 8.18. The number of thiocarbonyl (C=S) groups is 1. The van der Waals surface area contributed by atoms with Crippen molar-refractivity contribution >= 4 is 29.2 Å². The molecule has 0 atom stereocenters. The molecule has 0 radical (unpaired) electrons. The van der Waals surface area contributed by atoms with E-state index in [2.05, 4.69) is 22.8 Å². The van der Waals surface area contributed by atoms with Gasteiger partial charge in [-0.3, -0.25) is 15.5 Å². The van der Waals surface area contributed by atoms with Crippen LogP contribution in [-0.4, -0.2) is 22.9 Å². The van der Waals surface area contributed by atoms with Gasteiger partial charge in [-0.2, -0.15) is 5.10 Å². The van der Waals surface area contributed by atoms with Crippen molar-refractivity contribution in [3.8, 4) is 5.75 Å². The maximum absolute atomic E-state index is 10.7. The molecule has 2 aromatic rings. The number of nitro groups is 1. The number of nitrogens with zero attached hydrogens (tertiary/aromatic N) is 2. The molecule has 2 aromatic carbocycles. The van der Waals surface area contributed by atoms with Crippen LogP contribution in [0.2, 0.25) is 0 Å². The lowest BCUT2D eigenvalue weighted by molar-refractivity contribution is -0.384. The number of benzene rings is 2. The number of nitrogens with one attached hydrogen (secondary N) is 2. The SMILES string of the molecule is CCCCOc1ccc(CNC(=S)N/N=C/c2cccc([N+](=O)[O-])c2)cc1.